The third kappa shape index (κ3) is 4.87. The van der Waals surface area contributed by atoms with Gasteiger partial charge < -0.3 is 10.6 Å². The van der Waals surface area contributed by atoms with Gasteiger partial charge in [0.1, 0.15) is 0 Å². The van der Waals surface area contributed by atoms with Crippen LogP contribution in [0.2, 0.25) is 0 Å². The average Bonchev–Trinajstić information content (AvgIpc) is 2.36. The largest absolute Gasteiger partial charge is 0.371 e. The molecule has 1 rings (SSSR count). The maximum atomic E-state index is 6.15. The van der Waals surface area contributed by atoms with Crippen LogP contribution in [0.15, 0.2) is 18.2 Å². The number of rotatable bonds is 7. The lowest BCUT2D eigenvalue weighted by molar-refractivity contribution is 0.610. The van der Waals surface area contributed by atoms with Gasteiger partial charge in [0.25, 0.3) is 0 Å². The summed E-state index contributed by atoms with van der Waals surface area (Å²) in [6, 6.07) is 7.03. The Bertz CT molecular complexity index is 385. The monoisotopic (exact) mass is 262 g/mol. The SMILES string of the molecule is CCC(N)Cc1cc(C)ccc1N(CC)CC(C)C. The first kappa shape index (κ1) is 16.0. The van der Waals surface area contributed by atoms with Gasteiger partial charge in [-0.1, -0.05) is 38.5 Å². The zero-order chi connectivity index (χ0) is 14.4. The Labute approximate surface area is 119 Å². The van der Waals surface area contributed by atoms with Crippen LogP contribution in [-0.2, 0) is 6.42 Å². The fourth-order valence-electron chi connectivity index (χ4n) is 2.45. The Morgan fingerprint density at radius 1 is 1.21 bits per heavy atom. The lowest BCUT2D eigenvalue weighted by Crippen LogP contribution is -2.29. The Hall–Kier alpha value is -1.02. The van der Waals surface area contributed by atoms with E-state index in [1.54, 1.807) is 0 Å². The average molecular weight is 262 g/mol. The van der Waals surface area contributed by atoms with Gasteiger partial charge in [-0.2, -0.15) is 0 Å². The standard InChI is InChI=1S/C17H30N2/c1-6-16(18)11-15-10-14(5)8-9-17(15)19(7-2)12-13(3)4/h8-10,13,16H,6-7,11-12,18H2,1-5H3. The first-order valence-corrected chi connectivity index (χ1v) is 7.57. The molecule has 0 spiro atoms. The molecule has 0 aromatic heterocycles. The summed E-state index contributed by atoms with van der Waals surface area (Å²) in [6.07, 6.45) is 2.01. The van der Waals surface area contributed by atoms with E-state index in [0.29, 0.717) is 5.92 Å². The van der Waals surface area contributed by atoms with Gasteiger partial charge in [0.15, 0.2) is 0 Å². The van der Waals surface area contributed by atoms with Gasteiger partial charge in [-0.25, -0.2) is 0 Å². The number of hydrogen-bond acceptors (Lipinski definition) is 2. The second-order valence-electron chi connectivity index (χ2n) is 5.94. The minimum atomic E-state index is 0.262. The van der Waals surface area contributed by atoms with E-state index < -0.39 is 0 Å². The Kier molecular flexibility index (Phi) is 6.36. The number of nitrogens with two attached hydrogens (primary N) is 1. The number of anilines is 1. The minimum Gasteiger partial charge on any atom is -0.371 e. The fraction of sp³-hybridized carbons (Fsp3) is 0.647. The summed E-state index contributed by atoms with van der Waals surface area (Å²) in [6.45, 7) is 13.2. The number of benzene rings is 1. The summed E-state index contributed by atoms with van der Waals surface area (Å²) in [5, 5.41) is 0. The molecule has 2 heteroatoms. The van der Waals surface area contributed by atoms with Crippen LogP contribution in [0.5, 0.6) is 0 Å². The topological polar surface area (TPSA) is 29.3 Å². The molecule has 1 unspecified atom stereocenters. The summed E-state index contributed by atoms with van der Waals surface area (Å²) in [7, 11) is 0. The maximum Gasteiger partial charge on any atom is 0.0399 e. The van der Waals surface area contributed by atoms with Crippen LogP contribution in [0.1, 0.15) is 45.2 Å². The number of nitrogens with zero attached hydrogens (tertiary/aromatic N) is 1. The molecule has 0 radical (unpaired) electrons. The molecule has 0 aliphatic heterocycles. The molecule has 2 nitrogen and oxygen atoms in total. The van der Waals surface area contributed by atoms with Crippen molar-refractivity contribution in [3.63, 3.8) is 0 Å². The van der Waals surface area contributed by atoms with Crippen LogP contribution in [0, 0.1) is 12.8 Å². The van der Waals surface area contributed by atoms with Gasteiger partial charge in [-0.15, -0.1) is 0 Å². The summed E-state index contributed by atoms with van der Waals surface area (Å²) in [5.74, 6) is 0.675. The fourth-order valence-corrected chi connectivity index (χ4v) is 2.45. The van der Waals surface area contributed by atoms with Gasteiger partial charge in [0, 0.05) is 24.8 Å². The highest BCUT2D eigenvalue weighted by Gasteiger charge is 2.13. The van der Waals surface area contributed by atoms with Crippen LogP contribution in [0.25, 0.3) is 0 Å². The van der Waals surface area contributed by atoms with Crippen LogP contribution in [0.3, 0.4) is 0 Å². The van der Waals surface area contributed by atoms with Crippen molar-refractivity contribution >= 4 is 5.69 Å². The predicted octanol–water partition coefficient (Wildman–Crippen LogP) is 3.76. The smallest absolute Gasteiger partial charge is 0.0399 e. The third-order valence-electron chi connectivity index (χ3n) is 3.55. The Morgan fingerprint density at radius 3 is 2.42 bits per heavy atom. The molecule has 0 heterocycles. The van der Waals surface area contributed by atoms with Crippen molar-refractivity contribution in [3.8, 4) is 0 Å². The zero-order valence-corrected chi connectivity index (χ0v) is 13.2. The highest BCUT2D eigenvalue weighted by atomic mass is 15.1. The second-order valence-corrected chi connectivity index (χ2v) is 5.94. The molecule has 0 saturated carbocycles. The normalized spacial score (nSPS) is 12.8. The molecule has 1 aromatic carbocycles. The van der Waals surface area contributed by atoms with Crippen molar-refractivity contribution in [2.24, 2.45) is 11.7 Å². The Balaban J connectivity index is 3.03. The molecule has 0 amide bonds. The van der Waals surface area contributed by atoms with Gasteiger partial charge in [-0.3, -0.25) is 0 Å². The van der Waals surface area contributed by atoms with Crippen LogP contribution in [-0.4, -0.2) is 19.1 Å². The molecule has 0 saturated heterocycles. The van der Waals surface area contributed by atoms with Gasteiger partial charge in [0.05, 0.1) is 0 Å². The predicted molar refractivity (Wildman–Crippen MR) is 85.9 cm³/mol. The number of hydrogen-bond donors (Lipinski definition) is 1. The summed E-state index contributed by atoms with van der Waals surface area (Å²) in [5.41, 5.74) is 10.2. The van der Waals surface area contributed by atoms with Crippen molar-refractivity contribution in [1.82, 2.24) is 0 Å². The van der Waals surface area contributed by atoms with Crippen molar-refractivity contribution in [2.45, 2.75) is 53.5 Å². The Morgan fingerprint density at radius 2 is 1.89 bits per heavy atom. The van der Waals surface area contributed by atoms with E-state index in [9.17, 15) is 0 Å². The quantitative estimate of drug-likeness (QED) is 0.810. The van der Waals surface area contributed by atoms with E-state index in [2.05, 4.69) is 57.7 Å². The molecule has 2 N–H and O–H groups in total. The van der Waals surface area contributed by atoms with Crippen LogP contribution >= 0.6 is 0 Å². The van der Waals surface area contributed by atoms with E-state index in [-0.39, 0.29) is 6.04 Å². The molecule has 1 aromatic rings. The molecule has 0 bridgehead atoms. The van der Waals surface area contributed by atoms with Crippen LogP contribution in [0.4, 0.5) is 5.69 Å². The minimum absolute atomic E-state index is 0.262. The maximum absolute atomic E-state index is 6.15. The molecule has 0 aliphatic rings. The first-order chi connectivity index (χ1) is 8.97. The first-order valence-electron chi connectivity index (χ1n) is 7.57. The van der Waals surface area contributed by atoms with Crippen molar-refractivity contribution < 1.29 is 0 Å². The van der Waals surface area contributed by atoms with E-state index >= 15 is 0 Å². The third-order valence-corrected chi connectivity index (χ3v) is 3.55. The summed E-state index contributed by atoms with van der Waals surface area (Å²) >= 11 is 0. The van der Waals surface area contributed by atoms with Crippen molar-refractivity contribution in [3.05, 3.63) is 29.3 Å². The highest BCUT2D eigenvalue weighted by Crippen LogP contribution is 2.24. The van der Waals surface area contributed by atoms with Crippen molar-refractivity contribution in [1.29, 1.82) is 0 Å². The molecule has 0 fully saturated rings. The molecule has 19 heavy (non-hydrogen) atoms. The van der Waals surface area contributed by atoms with E-state index in [1.807, 2.05) is 0 Å². The molecular weight excluding hydrogens is 232 g/mol. The van der Waals surface area contributed by atoms with Gasteiger partial charge in [0.2, 0.25) is 0 Å². The van der Waals surface area contributed by atoms with Gasteiger partial charge in [-0.05, 0) is 44.2 Å². The summed E-state index contributed by atoms with van der Waals surface area (Å²) < 4.78 is 0. The summed E-state index contributed by atoms with van der Waals surface area (Å²) in [4.78, 5) is 2.47. The molecule has 0 aliphatic carbocycles. The highest BCUT2D eigenvalue weighted by molar-refractivity contribution is 5.55. The van der Waals surface area contributed by atoms with E-state index in [0.717, 1.165) is 25.9 Å². The molecular formula is C17H30N2. The lowest BCUT2D eigenvalue weighted by Gasteiger charge is -2.28. The lowest BCUT2D eigenvalue weighted by atomic mass is 9.99. The second kappa shape index (κ2) is 7.54. The molecule has 1 atom stereocenters. The van der Waals surface area contributed by atoms with Crippen molar-refractivity contribution in [2.75, 3.05) is 18.0 Å². The van der Waals surface area contributed by atoms with E-state index in [1.165, 1.54) is 16.8 Å². The zero-order valence-electron chi connectivity index (χ0n) is 13.2. The van der Waals surface area contributed by atoms with Crippen LogP contribution < -0.4 is 10.6 Å². The van der Waals surface area contributed by atoms with E-state index in [4.69, 9.17) is 5.73 Å². The number of aryl methyl sites for hydroxylation is 1. The molecule has 108 valence electrons. The van der Waals surface area contributed by atoms with Gasteiger partial charge >= 0.3 is 0 Å².